The van der Waals surface area contributed by atoms with Crippen LogP contribution in [0.3, 0.4) is 0 Å². The van der Waals surface area contributed by atoms with Gasteiger partial charge < -0.3 is 15.4 Å². The molecule has 128 valence electrons. The number of anilines is 2. The van der Waals surface area contributed by atoms with Crippen LogP contribution in [0.1, 0.15) is 15.2 Å². The maximum absolute atomic E-state index is 12.2. The highest BCUT2D eigenvalue weighted by Gasteiger charge is 2.10. The molecular weight excluding hydrogens is 338 g/mol. The summed E-state index contributed by atoms with van der Waals surface area (Å²) in [4.78, 5) is 25.0. The Morgan fingerprint density at radius 3 is 2.72 bits per heavy atom. The van der Waals surface area contributed by atoms with E-state index in [1.165, 1.54) is 11.3 Å². The highest BCUT2D eigenvalue weighted by Crippen LogP contribution is 2.21. The number of carbonyl (C=O) groups is 1. The van der Waals surface area contributed by atoms with Crippen molar-refractivity contribution in [1.82, 2.24) is 20.3 Å². The summed E-state index contributed by atoms with van der Waals surface area (Å²) in [6.07, 6.45) is 7.07. The average Bonchev–Trinajstić information content (AvgIpc) is 3.12. The van der Waals surface area contributed by atoms with Crippen molar-refractivity contribution < 1.29 is 9.53 Å². The molecule has 0 bridgehead atoms. The third-order valence-corrected chi connectivity index (χ3v) is 4.30. The van der Waals surface area contributed by atoms with Gasteiger partial charge >= 0.3 is 0 Å². The van der Waals surface area contributed by atoms with Crippen LogP contribution in [0.2, 0.25) is 0 Å². The third kappa shape index (κ3) is 4.74. The molecule has 2 N–H and O–H groups in total. The van der Waals surface area contributed by atoms with Crippen LogP contribution in [0.15, 0.2) is 49.1 Å². The number of nitrogens with zero attached hydrogens (tertiary/aromatic N) is 3. The number of aromatic nitrogens is 3. The van der Waals surface area contributed by atoms with Gasteiger partial charge in [-0.05, 0) is 24.1 Å². The lowest BCUT2D eigenvalue weighted by atomic mass is 10.1. The first-order valence-electron chi connectivity index (χ1n) is 7.64. The summed E-state index contributed by atoms with van der Waals surface area (Å²) in [5.41, 5.74) is 1.13. The van der Waals surface area contributed by atoms with E-state index in [0.717, 1.165) is 17.7 Å². The van der Waals surface area contributed by atoms with Crippen molar-refractivity contribution in [2.75, 3.05) is 19.0 Å². The lowest BCUT2D eigenvalue weighted by molar-refractivity contribution is 0.0958. The van der Waals surface area contributed by atoms with Gasteiger partial charge in [0.05, 0.1) is 19.5 Å². The Bertz CT molecular complexity index is 821. The molecule has 3 rings (SSSR count). The standard InChI is InChI=1S/C17H17N5O2S/c1-24-13-4-2-12(3-5-13)6-7-20-16(23)14-10-21-17(25-14)22-15-11-18-8-9-19-15/h2-5,8-11H,6-7H2,1H3,(H,20,23)(H,19,21,22). The Balaban J connectivity index is 1.49. The second-order valence-corrected chi connectivity index (χ2v) is 6.13. The van der Waals surface area contributed by atoms with Crippen molar-refractivity contribution >= 4 is 28.2 Å². The van der Waals surface area contributed by atoms with Gasteiger partial charge in [-0.3, -0.25) is 9.78 Å². The maximum atomic E-state index is 12.2. The summed E-state index contributed by atoms with van der Waals surface area (Å²) in [5, 5.41) is 6.51. The Morgan fingerprint density at radius 1 is 1.16 bits per heavy atom. The van der Waals surface area contributed by atoms with Crippen molar-refractivity contribution in [1.29, 1.82) is 0 Å². The molecular formula is C17H17N5O2S. The first-order chi connectivity index (χ1) is 12.2. The highest BCUT2D eigenvalue weighted by atomic mass is 32.1. The lowest BCUT2D eigenvalue weighted by Gasteiger charge is -2.05. The van der Waals surface area contributed by atoms with E-state index in [4.69, 9.17) is 4.74 Å². The van der Waals surface area contributed by atoms with Crippen molar-refractivity contribution in [3.8, 4) is 5.75 Å². The largest absolute Gasteiger partial charge is 0.497 e. The molecule has 1 aromatic carbocycles. The molecule has 8 heteroatoms. The van der Waals surface area contributed by atoms with Crippen molar-refractivity contribution in [3.05, 3.63) is 59.5 Å². The molecule has 0 atom stereocenters. The Hall–Kier alpha value is -3.00. The summed E-state index contributed by atoms with van der Waals surface area (Å²) in [7, 11) is 1.64. The van der Waals surface area contributed by atoms with Crippen LogP contribution in [-0.4, -0.2) is 34.5 Å². The van der Waals surface area contributed by atoms with Gasteiger partial charge in [0, 0.05) is 18.9 Å². The van der Waals surface area contributed by atoms with Gasteiger partial charge in [-0.1, -0.05) is 23.5 Å². The van der Waals surface area contributed by atoms with Gasteiger partial charge in [-0.15, -0.1) is 0 Å². The van der Waals surface area contributed by atoms with Gasteiger partial charge in [0.1, 0.15) is 10.6 Å². The molecule has 0 aliphatic heterocycles. The monoisotopic (exact) mass is 355 g/mol. The van der Waals surface area contributed by atoms with Crippen LogP contribution >= 0.6 is 11.3 Å². The van der Waals surface area contributed by atoms with Crippen molar-refractivity contribution in [3.63, 3.8) is 0 Å². The molecule has 2 heterocycles. The number of carbonyl (C=O) groups excluding carboxylic acids is 1. The maximum Gasteiger partial charge on any atom is 0.263 e. The predicted octanol–water partition coefficient (Wildman–Crippen LogP) is 2.66. The van der Waals surface area contributed by atoms with Gasteiger partial charge in [0.15, 0.2) is 10.9 Å². The molecule has 0 saturated heterocycles. The molecule has 1 amide bonds. The molecule has 0 aliphatic carbocycles. The summed E-state index contributed by atoms with van der Waals surface area (Å²) >= 11 is 1.27. The molecule has 3 aromatic rings. The zero-order valence-electron chi connectivity index (χ0n) is 13.6. The molecule has 7 nitrogen and oxygen atoms in total. The molecule has 0 radical (unpaired) electrons. The normalized spacial score (nSPS) is 10.3. The van der Waals surface area contributed by atoms with E-state index >= 15 is 0 Å². The number of hydrogen-bond donors (Lipinski definition) is 2. The molecule has 0 fully saturated rings. The fraction of sp³-hybridized carbons (Fsp3) is 0.176. The van der Waals surface area contributed by atoms with Gasteiger partial charge in [-0.2, -0.15) is 0 Å². The Labute approximate surface area is 149 Å². The van der Waals surface area contributed by atoms with Crippen LogP contribution in [0.5, 0.6) is 5.75 Å². The third-order valence-electron chi connectivity index (χ3n) is 3.39. The molecule has 0 unspecified atom stereocenters. The van der Waals surface area contributed by atoms with E-state index < -0.39 is 0 Å². The van der Waals surface area contributed by atoms with E-state index in [-0.39, 0.29) is 5.91 Å². The minimum absolute atomic E-state index is 0.141. The van der Waals surface area contributed by atoms with E-state index in [0.29, 0.717) is 22.4 Å². The number of benzene rings is 1. The average molecular weight is 355 g/mol. The van der Waals surface area contributed by atoms with Crippen molar-refractivity contribution in [2.45, 2.75) is 6.42 Å². The van der Waals surface area contributed by atoms with E-state index in [1.807, 2.05) is 24.3 Å². The number of nitrogens with one attached hydrogen (secondary N) is 2. The van der Waals surface area contributed by atoms with Gasteiger partial charge in [0.25, 0.3) is 5.91 Å². The minimum Gasteiger partial charge on any atom is -0.497 e. The van der Waals surface area contributed by atoms with Crippen LogP contribution in [0.25, 0.3) is 0 Å². The van der Waals surface area contributed by atoms with Gasteiger partial charge in [0.2, 0.25) is 0 Å². The Kier molecular flexibility index (Phi) is 5.53. The van der Waals surface area contributed by atoms with Crippen LogP contribution < -0.4 is 15.4 Å². The minimum atomic E-state index is -0.141. The van der Waals surface area contributed by atoms with E-state index in [2.05, 4.69) is 25.6 Å². The molecule has 2 aromatic heterocycles. The fourth-order valence-electron chi connectivity index (χ4n) is 2.11. The zero-order chi connectivity index (χ0) is 17.5. The zero-order valence-corrected chi connectivity index (χ0v) is 14.4. The topological polar surface area (TPSA) is 89.0 Å². The van der Waals surface area contributed by atoms with Crippen LogP contribution in [0, 0.1) is 0 Å². The lowest BCUT2D eigenvalue weighted by Crippen LogP contribution is -2.24. The predicted molar refractivity (Wildman–Crippen MR) is 96.5 cm³/mol. The van der Waals surface area contributed by atoms with Gasteiger partial charge in [-0.25, -0.2) is 9.97 Å². The van der Waals surface area contributed by atoms with E-state index in [9.17, 15) is 4.79 Å². The molecule has 0 aliphatic rings. The second-order valence-electron chi connectivity index (χ2n) is 5.10. The summed E-state index contributed by atoms with van der Waals surface area (Å²) < 4.78 is 5.13. The summed E-state index contributed by atoms with van der Waals surface area (Å²) in [6.45, 7) is 0.552. The van der Waals surface area contributed by atoms with Crippen LogP contribution in [0.4, 0.5) is 10.9 Å². The molecule has 0 saturated carbocycles. The van der Waals surface area contributed by atoms with E-state index in [1.54, 1.807) is 31.9 Å². The number of methoxy groups -OCH3 is 1. The number of amides is 1. The SMILES string of the molecule is COc1ccc(CCNC(=O)c2cnc(Nc3cnccn3)s2)cc1. The first-order valence-corrected chi connectivity index (χ1v) is 8.46. The summed E-state index contributed by atoms with van der Waals surface area (Å²) in [5.74, 6) is 1.27. The first kappa shape index (κ1) is 16.8. The smallest absolute Gasteiger partial charge is 0.263 e. The second kappa shape index (κ2) is 8.20. The summed E-state index contributed by atoms with van der Waals surface area (Å²) in [6, 6.07) is 7.79. The number of ether oxygens (including phenoxy) is 1. The molecule has 0 spiro atoms. The number of rotatable bonds is 7. The Morgan fingerprint density at radius 2 is 2.00 bits per heavy atom. The molecule has 25 heavy (non-hydrogen) atoms. The van der Waals surface area contributed by atoms with Crippen LogP contribution in [-0.2, 0) is 6.42 Å². The van der Waals surface area contributed by atoms with Crippen molar-refractivity contribution in [2.24, 2.45) is 0 Å². The quantitative estimate of drug-likeness (QED) is 0.677. The fourth-order valence-corrected chi connectivity index (χ4v) is 2.85. The number of thiazole rings is 1. The highest BCUT2D eigenvalue weighted by molar-refractivity contribution is 7.17. The number of hydrogen-bond acceptors (Lipinski definition) is 7.